The lowest BCUT2D eigenvalue weighted by molar-refractivity contribution is -0.121. The van der Waals surface area contributed by atoms with E-state index < -0.39 is 0 Å². The Morgan fingerprint density at radius 2 is 1.89 bits per heavy atom. The van der Waals surface area contributed by atoms with Crippen LogP contribution in [0.2, 0.25) is 10.0 Å². The molecule has 0 saturated heterocycles. The van der Waals surface area contributed by atoms with Crippen molar-refractivity contribution in [2.24, 2.45) is 0 Å². The van der Waals surface area contributed by atoms with Crippen LogP contribution in [-0.4, -0.2) is 29.7 Å². The van der Waals surface area contributed by atoms with E-state index in [2.05, 4.69) is 0 Å². The maximum absolute atomic E-state index is 12.4. The molecule has 5 heteroatoms. The Hall–Kier alpha value is -1.06. The molecule has 0 aromatic heterocycles. The van der Waals surface area contributed by atoms with Gasteiger partial charge in [-0.3, -0.25) is 9.59 Å². The molecule has 0 unspecified atom stereocenters. The number of carbonyl (C=O) groups excluding carboxylic acids is 2. The van der Waals surface area contributed by atoms with Crippen LogP contribution in [-0.2, 0) is 4.79 Å². The van der Waals surface area contributed by atoms with E-state index in [1.807, 2.05) is 0 Å². The predicted octanol–water partition coefficient (Wildman–Crippen LogP) is 3.58. The van der Waals surface area contributed by atoms with Crippen molar-refractivity contribution in [3.63, 3.8) is 0 Å². The summed E-state index contributed by atoms with van der Waals surface area (Å²) >= 11 is 11.9. The van der Waals surface area contributed by atoms with Gasteiger partial charge in [0, 0.05) is 31.0 Å². The maximum Gasteiger partial charge on any atom is 0.255 e. The normalized spacial score (nSPS) is 16.5. The maximum atomic E-state index is 12.4. The van der Waals surface area contributed by atoms with E-state index in [9.17, 15) is 9.59 Å². The van der Waals surface area contributed by atoms with Gasteiger partial charge in [0.25, 0.3) is 5.91 Å². The summed E-state index contributed by atoms with van der Waals surface area (Å²) in [6, 6.07) is 4.95. The second-order valence-electron chi connectivity index (χ2n) is 4.81. The Morgan fingerprint density at radius 3 is 2.53 bits per heavy atom. The summed E-state index contributed by atoms with van der Waals surface area (Å²) < 4.78 is 0. The summed E-state index contributed by atoms with van der Waals surface area (Å²) in [7, 11) is 1.75. The predicted molar refractivity (Wildman–Crippen MR) is 75.8 cm³/mol. The van der Waals surface area contributed by atoms with Gasteiger partial charge in [-0.2, -0.15) is 0 Å². The summed E-state index contributed by atoms with van der Waals surface area (Å²) in [6.07, 6.45) is 2.54. The molecule has 3 nitrogen and oxygen atoms in total. The van der Waals surface area contributed by atoms with Gasteiger partial charge in [0.2, 0.25) is 0 Å². The quantitative estimate of drug-likeness (QED) is 0.837. The largest absolute Gasteiger partial charge is 0.339 e. The number of nitrogens with zero attached hydrogens (tertiary/aromatic N) is 1. The fourth-order valence-corrected chi connectivity index (χ4v) is 2.70. The van der Waals surface area contributed by atoms with E-state index in [1.165, 1.54) is 0 Å². The van der Waals surface area contributed by atoms with Crippen molar-refractivity contribution >= 4 is 34.9 Å². The highest BCUT2D eigenvalue weighted by Gasteiger charge is 2.26. The van der Waals surface area contributed by atoms with Gasteiger partial charge in [0.1, 0.15) is 5.78 Å². The van der Waals surface area contributed by atoms with Crippen molar-refractivity contribution in [1.29, 1.82) is 0 Å². The molecule has 2 rings (SSSR count). The smallest absolute Gasteiger partial charge is 0.255 e. The molecule has 0 heterocycles. The van der Waals surface area contributed by atoms with Gasteiger partial charge in [-0.1, -0.05) is 23.2 Å². The summed E-state index contributed by atoms with van der Waals surface area (Å²) in [5.41, 5.74) is 0.411. The zero-order chi connectivity index (χ0) is 14.0. The van der Waals surface area contributed by atoms with E-state index in [-0.39, 0.29) is 17.7 Å². The van der Waals surface area contributed by atoms with Crippen LogP contribution in [0, 0.1) is 0 Å². The molecule has 1 fully saturated rings. The molecule has 0 bridgehead atoms. The van der Waals surface area contributed by atoms with Crippen molar-refractivity contribution in [1.82, 2.24) is 4.90 Å². The van der Waals surface area contributed by atoms with E-state index in [0.29, 0.717) is 28.5 Å². The monoisotopic (exact) mass is 299 g/mol. The first kappa shape index (κ1) is 14.4. The van der Waals surface area contributed by atoms with Crippen LogP contribution in [0.5, 0.6) is 0 Å². The van der Waals surface area contributed by atoms with Crippen LogP contribution in [0.1, 0.15) is 36.0 Å². The molecule has 1 aliphatic rings. The van der Waals surface area contributed by atoms with Crippen LogP contribution < -0.4 is 0 Å². The average Bonchev–Trinajstić information content (AvgIpc) is 2.41. The SMILES string of the molecule is CN(C(=O)c1cc(Cl)ccc1Cl)C1CCC(=O)CC1. The summed E-state index contributed by atoms with van der Waals surface area (Å²) in [4.78, 5) is 25.3. The third kappa shape index (κ3) is 3.28. The minimum Gasteiger partial charge on any atom is -0.339 e. The first-order valence-electron chi connectivity index (χ1n) is 6.23. The Morgan fingerprint density at radius 1 is 1.26 bits per heavy atom. The highest BCUT2D eigenvalue weighted by atomic mass is 35.5. The molecule has 19 heavy (non-hydrogen) atoms. The molecule has 0 N–H and O–H groups in total. The number of rotatable bonds is 2. The van der Waals surface area contributed by atoms with Crippen molar-refractivity contribution in [3.05, 3.63) is 33.8 Å². The number of carbonyl (C=O) groups is 2. The molecule has 0 atom stereocenters. The van der Waals surface area contributed by atoms with Gasteiger partial charge in [-0.15, -0.1) is 0 Å². The van der Waals surface area contributed by atoms with Crippen LogP contribution >= 0.6 is 23.2 Å². The first-order chi connectivity index (χ1) is 8.99. The highest BCUT2D eigenvalue weighted by molar-refractivity contribution is 6.35. The van der Waals surface area contributed by atoms with Crippen LogP contribution in [0.3, 0.4) is 0 Å². The molecule has 1 aromatic rings. The number of Topliss-reactive ketones (excluding diaryl/α,β-unsaturated/α-hetero) is 1. The molecule has 102 valence electrons. The van der Waals surface area contributed by atoms with E-state index in [0.717, 1.165) is 12.8 Å². The topological polar surface area (TPSA) is 37.4 Å². The van der Waals surface area contributed by atoms with Gasteiger partial charge >= 0.3 is 0 Å². The molecular weight excluding hydrogens is 285 g/mol. The van der Waals surface area contributed by atoms with Gasteiger partial charge in [-0.05, 0) is 31.0 Å². The lowest BCUT2D eigenvalue weighted by Gasteiger charge is -2.31. The third-order valence-electron chi connectivity index (χ3n) is 3.54. The molecule has 0 spiro atoms. The molecule has 0 aliphatic heterocycles. The van der Waals surface area contributed by atoms with Crippen molar-refractivity contribution in [2.75, 3.05) is 7.05 Å². The molecule has 1 aliphatic carbocycles. The molecular formula is C14H15Cl2NO2. The van der Waals surface area contributed by atoms with Gasteiger partial charge < -0.3 is 4.90 Å². The Kier molecular flexibility index (Phi) is 4.48. The zero-order valence-electron chi connectivity index (χ0n) is 10.7. The lowest BCUT2D eigenvalue weighted by Crippen LogP contribution is -2.39. The first-order valence-corrected chi connectivity index (χ1v) is 6.98. The molecule has 0 radical (unpaired) electrons. The van der Waals surface area contributed by atoms with E-state index in [4.69, 9.17) is 23.2 Å². The van der Waals surface area contributed by atoms with Crippen LogP contribution in [0.4, 0.5) is 0 Å². The fourth-order valence-electron chi connectivity index (χ4n) is 2.33. The Balaban J connectivity index is 2.14. The van der Waals surface area contributed by atoms with Crippen LogP contribution in [0.25, 0.3) is 0 Å². The van der Waals surface area contributed by atoms with Crippen molar-refractivity contribution < 1.29 is 9.59 Å². The second-order valence-corrected chi connectivity index (χ2v) is 5.65. The number of halogens is 2. The Labute approximate surface area is 122 Å². The Bertz CT molecular complexity index is 506. The number of hydrogen-bond donors (Lipinski definition) is 0. The zero-order valence-corrected chi connectivity index (χ0v) is 12.2. The summed E-state index contributed by atoms with van der Waals surface area (Å²) in [6.45, 7) is 0. The second kappa shape index (κ2) is 5.93. The molecule has 1 saturated carbocycles. The minimum atomic E-state index is -0.146. The third-order valence-corrected chi connectivity index (χ3v) is 4.10. The average molecular weight is 300 g/mol. The molecule has 1 amide bonds. The molecule has 1 aromatic carbocycles. The van der Waals surface area contributed by atoms with E-state index in [1.54, 1.807) is 30.1 Å². The number of hydrogen-bond acceptors (Lipinski definition) is 2. The summed E-state index contributed by atoms with van der Waals surface area (Å²) in [5.74, 6) is 0.129. The minimum absolute atomic E-state index is 0.0975. The van der Waals surface area contributed by atoms with Crippen LogP contribution in [0.15, 0.2) is 18.2 Å². The van der Waals surface area contributed by atoms with Gasteiger partial charge in [0.05, 0.1) is 10.6 Å². The van der Waals surface area contributed by atoms with E-state index >= 15 is 0 Å². The van der Waals surface area contributed by atoms with Crippen molar-refractivity contribution in [3.8, 4) is 0 Å². The number of benzene rings is 1. The lowest BCUT2D eigenvalue weighted by atomic mass is 9.93. The summed E-state index contributed by atoms with van der Waals surface area (Å²) in [5, 5.41) is 0.883. The highest BCUT2D eigenvalue weighted by Crippen LogP contribution is 2.25. The fraction of sp³-hybridized carbons (Fsp3) is 0.429. The number of ketones is 1. The standard InChI is InChI=1S/C14H15Cl2NO2/c1-17(10-3-5-11(18)6-4-10)14(19)12-8-9(15)2-7-13(12)16/h2,7-8,10H,3-6H2,1H3. The van der Waals surface area contributed by atoms with Crippen molar-refractivity contribution in [2.45, 2.75) is 31.7 Å². The van der Waals surface area contributed by atoms with Gasteiger partial charge in [0.15, 0.2) is 0 Å². The number of amides is 1. The van der Waals surface area contributed by atoms with Gasteiger partial charge in [-0.25, -0.2) is 0 Å².